The first kappa shape index (κ1) is 21.9. The van der Waals surface area contributed by atoms with Gasteiger partial charge in [-0.15, -0.1) is 0 Å². The number of Topliss-reactive ketones (excluding diaryl/α,β-unsaturated/α-hetero) is 1. The summed E-state index contributed by atoms with van der Waals surface area (Å²) in [4.78, 5) is 25.8. The number of benzene rings is 3. The Bertz CT molecular complexity index is 1410. The molecule has 0 fully saturated rings. The van der Waals surface area contributed by atoms with Crippen LogP contribution in [-0.2, 0) is 16.1 Å². The zero-order valence-corrected chi connectivity index (χ0v) is 20.2. The van der Waals surface area contributed by atoms with Crippen LogP contribution in [0.1, 0.15) is 45.0 Å². The summed E-state index contributed by atoms with van der Waals surface area (Å²) in [6.45, 7) is 0.532. The quantitative estimate of drug-likeness (QED) is 0.253. The lowest BCUT2D eigenvalue weighted by atomic mass is 9.83. The molecule has 0 aliphatic carbocycles. The SMILES string of the molecule is COc1ccc(/C=C2\Oc3c(ccc4c3C(c3cc(Br)cc5c3OCOC5)CC(=O)O4)C2=O)cc1. The number of halogens is 1. The summed E-state index contributed by atoms with van der Waals surface area (Å²) in [5.74, 6) is 1.39. The van der Waals surface area contributed by atoms with Crippen LogP contribution in [0.25, 0.3) is 6.08 Å². The molecule has 0 amide bonds. The van der Waals surface area contributed by atoms with Gasteiger partial charge in [0.1, 0.15) is 23.0 Å². The van der Waals surface area contributed by atoms with Gasteiger partial charge in [0.15, 0.2) is 12.6 Å². The van der Waals surface area contributed by atoms with Gasteiger partial charge < -0.3 is 23.7 Å². The van der Waals surface area contributed by atoms with Crippen molar-refractivity contribution in [2.24, 2.45) is 0 Å². The highest BCUT2D eigenvalue weighted by atomic mass is 79.9. The summed E-state index contributed by atoms with van der Waals surface area (Å²) in [5, 5.41) is 0. The smallest absolute Gasteiger partial charge is 0.312 e. The second kappa shape index (κ2) is 8.55. The highest BCUT2D eigenvalue weighted by molar-refractivity contribution is 9.10. The molecule has 3 aliphatic rings. The van der Waals surface area contributed by atoms with Gasteiger partial charge in [-0.25, -0.2) is 0 Å². The highest BCUT2D eigenvalue weighted by Gasteiger charge is 2.40. The van der Waals surface area contributed by atoms with Crippen molar-refractivity contribution < 1.29 is 33.3 Å². The minimum absolute atomic E-state index is 0.0889. The predicted octanol–water partition coefficient (Wildman–Crippen LogP) is 5.38. The van der Waals surface area contributed by atoms with E-state index in [1.807, 2.05) is 36.4 Å². The average molecular weight is 535 g/mol. The van der Waals surface area contributed by atoms with E-state index < -0.39 is 5.92 Å². The maximum absolute atomic E-state index is 13.2. The molecule has 0 radical (unpaired) electrons. The van der Waals surface area contributed by atoms with E-state index in [1.54, 1.807) is 25.3 Å². The number of hydrogen-bond donors (Lipinski definition) is 0. The fourth-order valence-corrected chi connectivity index (χ4v) is 5.21. The van der Waals surface area contributed by atoms with Crippen LogP contribution in [0.5, 0.6) is 23.0 Å². The third-order valence-electron chi connectivity index (χ3n) is 6.27. The molecule has 3 aromatic rings. The number of fused-ring (bicyclic) bond motifs is 4. The molecule has 0 N–H and O–H groups in total. The number of esters is 1. The molecule has 8 heteroatoms. The van der Waals surface area contributed by atoms with Crippen LogP contribution in [0.4, 0.5) is 0 Å². The lowest BCUT2D eigenvalue weighted by Crippen LogP contribution is -2.23. The lowest BCUT2D eigenvalue weighted by Gasteiger charge is -2.29. The number of rotatable bonds is 3. The molecule has 35 heavy (non-hydrogen) atoms. The molecular formula is C27H19BrO7. The van der Waals surface area contributed by atoms with E-state index in [0.29, 0.717) is 35.0 Å². The molecule has 1 atom stereocenters. The van der Waals surface area contributed by atoms with Gasteiger partial charge in [-0.05, 0) is 48.0 Å². The Labute approximate surface area is 209 Å². The van der Waals surface area contributed by atoms with Gasteiger partial charge in [0, 0.05) is 27.1 Å². The first-order chi connectivity index (χ1) is 17.0. The van der Waals surface area contributed by atoms with Gasteiger partial charge in [0.2, 0.25) is 5.78 Å². The molecule has 7 nitrogen and oxygen atoms in total. The predicted molar refractivity (Wildman–Crippen MR) is 129 cm³/mol. The van der Waals surface area contributed by atoms with E-state index in [2.05, 4.69) is 15.9 Å². The number of ether oxygens (including phenoxy) is 5. The summed E-state index contributed by atoms with van der Waals surface area (Å²) in [6, 6.07) is 14.5. The van der Waals surface area contributed by atoms with Crippen LogP contribution < -0.4 is 18.9 Å². The minimum Gasteiger partial charge on any atom is -0.497 e. The lowest BCUT2D eigenvalue weighted by molar-refractivity contribution is -0.135. The number of ketones is 1. The van der Waals surface area contributed by atoms with E-state index in [4.69, 9.17) is 23.7 Å². The first-order valence-corrected chi connectivity index (χ1v) is 11.8. The van der Waals surface area contributed by atoms with E-state index >= 15 is 0 Å². The Hall–Kier alpha value is -3.62. The number of carbonyl (C=O) groups excluding carboxylic acids is 2. The van der Waals surface area contributed by atoms with Crippen LogP contribution in [0, 0.1) is 0 Å². The number of carbonyl (C=O) groups is 2. The molecule has 3 aromatic carbocycles. The summed E-state index contributed by atoms with van der Waals surface area (Å²) in [5.41, 5.74) is 3.58. The van der Waals surface area contributed by atoms with Crippen molar-refractivity contribution in [2.75, 3.05) is 13.9 Å². The zero-order chi connectivity index (χ0) is 24.1. The Morgan fingerprint density at radius 1 is 1.03 bits per heavy atom. The summed E-state index contributed by atoms with van der Waals surface area (Å²) >= 11 is 3.56. The Kier molecular flexibility index (Phi) is 5.35. The monoisotopic (exact) mass is 534 g/mol. The van der Waals surface area contributed by atoms with Crippen LogP contribution >= 0.6 is 15.9 Å². The summed E-state index contributed by atoms with van der Waals surface area (Å²) < 4.78 is 29.0. The molecule has 0 saturated heterocycles. The van der Waals surface area contributed by atoms with Crippen molar-refractivity contribution in [3.05, 3.63) is 86.6 Å². The van der Waals surface area contributed by atoms with Gasteiger partial charge in [-0.1, -0.05) is 28.1 Å². The van der Waals surface area contributed by atoms with Crippen molar-refractivity contribution >= 4 is 33.8 Å². The van der Waals surface area contributed by atoms with Gasteiger partial charge in [0.05, 0.1) is 25.7 Å². The van der Waals surface area contributed by atoms with Crippen LogP contribution in [0.15, 0.2) is 58.8 Å². The van der Waals surface area contributed by atoms with E-state index in [-0.39, 0.29) is 30.7 Å². The largest absolute Gasteiger partial charge is 0.497 e. The normalized spacial score (nSPS) is 19.3. The third kappa shape index (κ3) is 3.79. The van der Waals surface area contributed by atoms with Crippen LogP contribution in [0.3, 0.4) is 0 Å². The molecule has 176 valence electrons. The number of methoxy groups -OCH3 is 1. The number of allylic oxidation sites excluding steroid dienone is 1. The van der Waals surface area contributed by atoms with Crippen LogP contribution in [0.2, 0.25) is 0 Å². The first-order valence-electron chi connectivity index (χ1n) is 11.0. The van der Waals surface area contributed by atoms with Crippen molar-refractivity contribution in [1.82, 2.24) is 0 Å². The maximum atomic E-state index is 13.2. The third-order valence-corrected chi connectivity index (χ3v) is 6.73. The van der Waals surface area contributed by atoms with Gasteiger partial charge >= 0.3 is 5.97 Å². The van der Waals surface area contributed by atoms with Gasteiger partial charge in [-0.2, -0.15) is 0 Å². The Morgan fingerprint density at radius 3 is 2.66 bits per heavy atom. The molecule has 0 aromatic heterocycles. The average Bonchev–Trinajstić information content (AvgIpc) is 3.18. The fourth-order valence-electron chi connectivity index (χ4n) is 4.69. The molecule has 0 bridgehead atoms. The van der Waals surface area contributed by atoms with Crippen molar-refractivity contribution in [3.63, 3.8) is 0 Å². The van der Waals surface area contributed by atoms with Crippen molar-refractivity contribution in [1.29, 1.82) is 0 Å². The molecule has 3 heterocycles. The molecular weight excluding hydrogens is 516 g/mol. The second-order valence-electron chi connectivity index (χ2n) is 8.39. The molecule has 6 rings (SSSR count). The summed E-state index contributed by atoms with van der Waals surface area (Å²) in [6.07, 6.45) is 1.78. The molecule has 0 spiro atoms. The highest BCUT2D eigenvalue weighted by Crippen LogP contribution is 2.51. The van der Waals surface area contributed by atoms with Crippen molar-refractivity contribution in [3.8, 4) is 23.0 Å². The molecule has 0 saturated carbocycles. The van der Waals surface area contributed by atoms with Crippen LogP contribution in [-0.4, -0.2) is 25.7 Å². The standard InChI is InChI=1S/C27H19BrO7/c1-31-17-4-2-14(3-5-17)8-22-25(30)18-6-7-21-24(27(18)35-22)19(11-23(29)34-21)20-10-16(28)9-15-12-32-13-33-26(15)20/h2-10,19H,11-13H2,1H3/b22-8-. The zero-order valence-electron chi connectivity index (χ0n) is 18.6. The topological polar surface area (TPSA) is 80.3 Å². The van der Waals surface area contributed by atoms with E-state index in [0.717, 1.165) is 26.9 Å². The second-order valence-corrected chi connectivity index (χ2v) is 9.31. The minimum atomic E-state index is -0.418. The van der Waals surface area contributed by atoms with Gasteiger partial charge in [0.25, 0.3) is 0 Å². The maximum Gasteiger partial charge on any atom is 0.312 e. The fraction of sp³-hybridized carbons (Fsp3) is 0.185. The Balaban J connectivity index is 1.46. The molecule has 1 unspecified atom stereocenters. The molecule has 3 aliphatic heterocycles. The summed E-state index contributed by atoms with van der Waals surface area (Å²) in [7, 11) is 1.60. The Morgan fingerprint density at radius 2 is 1.86 bits per heavy atom. The number of hydrogen-bond acceptors (Lipinski definition) is 7. The van der Waals surface area contributed by atoms with E-state index in [1.165, 1.54) is 0 Å². The van der Waals surface area contributed by atoms with Gasteiger partial charge in [-0.3, -0.25) is 9.59 Å². The van der Waals surface area contributed by atoms with E-state index in [9.17, 15) is 9.59 Å². The van der Waals surface area contributed by atoms with Crippen molar-refractivity contribution in [2.45, 2.75) is 18.9 Å².